The van der Waals surface area contributed by atoms with Gasteiger partial charge in [0.2, 0.25) is 0 Å². The monoisotopic (exact) mass is 468 g/mol. The van der Waals surface area contributed by atoms with Crippen LogP contribution in [0.1, 0.15) is 29.4 Å². The quantitative estimate of drug-likeness (QED) is 0.458. The van der Waals surface area contributed by atoms with E-state index in [0.29, 0.717) is 26.2 Å². The first-order valence-electron chi connectivity index (χ1n) is 12.3. The minimum absolute atomic E-state index is 0.00215. The molecule has 7 nitrogen and oxygen atoms in total. The van der Waals surface area contributed by atoms with E-state index in [2.05, 4.69) is 82.1 Å². The van der Waals surface area contributed by atoms with Gasteiger partial charge in [-0.05, 0) is 48.7 Å². The molecule has 7 heteroatoms. The fourth-order valence-electron chi connectivity index (χ4n) is 4.52. The smallest absolute Gasteiger partial charge is 0.317 e. The van der Waals surface area contributed by atoms with Crippen LogP contribution in [0.25, 0.3) is 16.9 Å². The van der Waals surface area contributed by atoms with Gasteiger partial charge in [0.1, 0.15) is 11.3 Å². The van der Waals surface area contributed by atoms with E-state index in [1.165, 1.54) is 11.1 Å². The molecule has 0 spiro atoms. The Labute approximate surface area is 206 Å². The minimum Gasteiger partial charge on any atom is -0.334 e. The summed E-state index contributed by atoms with van der Waals surface area (Å²) in [6, 6.07) is 20.8. The van der Waals surface area contributed by atoms with E-state index in [4.69, 9.17) is 4.98 Å². The number of urea groups is 1. The molecule has 0 atom stereocenters. The molecule has 1 fully saturated rings. The van der Waals surface area contributed by atoms with Crippen molar-refractivity contribution in [2.24, 2.45) is 0 Å². The van der Waals surface area contributed by atoms with Gasteiger partial charge in [0, 0.05) is 44.6 Å². The molecular weight excluding hydrogens is 436 g/mol. The second kappa shape index (κ2) is 10.3. The fraction of sp³-hybridized carbons (Fsp3) is 0.321. The average molecular weight is 469 g/mol. The van der Waals surface area contributed by atoms with Crippen molar-refractivity contribution >= 4 is 17.2 Å². The maximum Gasteiger partial charge on any atom is 0.317 e. The molecule has 3 heterocycles. The molecule has 1 aliphatic heterocycles. The van der Waals surface area contributed by atoms with E-state index < -0.39 is 0 Å². The number of aromatic nitrogens is 3. The third-order valence-corrected chi connectivity index (χ3v) is 6.68. The first-order chi connectivity index (χ1) is 17.1. The van der Waals surface area contributed by atoms with Crippen molar-refractivity contribution in [2.75, 3.05) is 26.2 Å². The van der Waals surface area contributed by atoms with Gasteiger partial charge in [-0.15, -0.1) is 0 Å². The summed E-state index contributed by atoms with van der Waals surface area (Å²) in [5.41, 5.74) is 6.49. The number of benzene rings is 2. The summed E-state index contributed by atoms with van der Waals surface area (Å²) in [5.74, 6) is 0.972. The largest absolute Gasteiger partial charge is 0.334 e. The molecule has 2 aromatic carbocycles. The van der Waals surface area contributed by atoms with Gasteiger partial charge in [-0.25, -0.2) is 14.8 Å². The highest BCUT2D eigenvalue weighted by Crippen LogP contribution is 2.22. The highest BCUT2D eigenvalue weighted by atomic mass is 16.2. The summed E-state index contributed by atoms with van der Waals surface area (Å²) < 4.78 is 2.16. The zero-order valence-electron chi connectivity index (χ0n) is 20.4. The highest BCUT2D eigenvalue weighted by Gasteiger charge is 2.23. The van der Waals surface area contributed by atoms with Gasteiger partial charge in [-0.2, -0.15) is 0 Å². The molecule has 1 N–H and O–H groups in total. The Kier molecular flexibility index (Phi) is 6.77. The number of nitrogens with one attached hydrogen (secondary N) is 1. The van der Waals surface area contributed by atoms with Crippen molar-refractivity contribution in [2.45, 2.75) is 33.4 Å². The van der Waals surface area contributed by atoms with E-state index in [0.717, 1.165) is 47.7 Å². The van der Waals surface area contributed by atoms with Crippen LogP contribution in [0.4, 0.5) is 4.79 Å². The average Bonchev–Trinajstić information content (AvgIpc) is 3.26. The van der Waals surface area contributed by atoms with Crippen molar-refractivity contribution < 1.29 is 4.79 Å². The molecule has 1 saturated heterocycles. The second-order valence-corrected chi connectivity index (χ2v) is 9.14. The van der Waals surface area contributed by atoms with Gasteiger partial charge < -0.3 is 10.2 Å². The van der Waals surface area contributed by atoms with E-state index in [1.54, 1.807) is 0 Å². The molecule has 0 radical (unpaired) electrons. The van der Waals surface area contributed by atoms with Gasteiger partial charge in [-0.1, -0.05) is 48.9 Å². The summed E-state index contributed by atoms with van der Waals surface area (Å²) in [6.45, 7) is 8.50. The SMILES string of the molecule is CCc1ccc(-n2c(CN3CCN(C(=O)NCc4ccc(C)cc4)CC3)nc3cccnc32)cc1. The molecule has 35 heavy (non-hydrogen) atoms. The number of hydrogen-bond donors (Lipinski definition) is 1. The molecular formula is C28H32N6O. The number of rotatable bonds is 6. The van der Waals surface area contributed by atoms with Gasteiger partial charge in [0.25, 0.3) is 0 Å². The third-order valence-electron chi connectivity index (χ3n) is 6.68. The van der Waals surface area contributed by atoms with Crippen LogP contribution in [0.2, 0.25) is 0 Å². The Hall–Kier alpha value is -3.71. The summed E-state index contributed by atoms with van der Waals surface area (Å²) in [5, 5.41) is 3.05. The summed E-state index contributed by atoms with van der Waals surface area (Å²) >= 11 is 0. The molecule has 4 aromatic rings. The Balaban J connectivity index is 1.24. The molecule has 2 aromatic heterocycles. The van der Waals surface area contributed by atoms with Crippen LogP contribution in [0.5, 0.6) is 0 Å². The van der Waals surface area contributed by atoms with E-state index in [-0.39, 0.29) is 6.03 Å². The van der Waals surface area contributed by atoms with Crippen LogP contribution >= 0.6 is 0 Å². The summed E-state index contributed by atoms with van der Waals surface area (Å²) in [4.78, 5) is 26.5. The molecule has 1 aliphatic rings. The number of fused-ring (bicyclic) bond motifs is 1. The van der Waals surface area contributed by atoms with Gasteiger partial charge >= 0.3 is 6.03 Å². The Bertz CT molecular complexity index is 1290. The Morgan fingerprint density at radius 1 is 0.943 bits per heavy atom. The van der Waals surface area contributed by atoms with Crippen molar-refractivity contribution in [3.05, 3.63) is 89.4 Å². The molecule has 0 unspecified atom stereocenters. The number of carbonyl (C=O) groups is 1. The minimum atomic E-state index is -0.00215. The maximum atomic E-state index is 12.7. The number of pyridine rings is 1. The van der Waals surface area contributed by atoms with Crippen molar-refractivity contribution in [1.29, 1.82) is 0 Å². The van der Waals surface area contributed by atoms with Crippen molar-refractivity contribution in [3.8, 4) is 5.69 Å². The lowest BCUT2D eigenvalue weighted by Crippen LogP contribution is -2.51. The summed E-state index contributed by atoms with van der Waals surface area (Å²) in [7, 11) is 0. The zero-order chi connectivity index (χ0) is 24.2. The van der Waals surface area contributed by atoms with Gasteiger partial charge in [0.15, 0.2) is 5.65 Å². The number of imidazole rings is 1. The first-order valence-corrected chi connectivity index (χ1v) is 12.3. The van der Waals surface area contributed by atoms with Crippen molar-refractivity contribution in [1.82, 2.24) is 29.7 Å². The maximum absolute atomic E-state index is 12.7. The molecule has 5 rings (SSSR count). The third kappa shape index (κ3) is 5.20. The first kappa shape index (κ1) is 23.1. The lowest BCUT2D eigenvalue weighted by Gasteiger charge is -2.34. The molecule has 2 amide bonds. The van der Waals surface area contributed by atoms with E-state index in [9.17, 15) is 4.79 Å². The fourth-order valence-corrected chi connectivity index (χ4v) is 4.52. The van der Waals surface area contributed by atoms with Crippen LogP contribution < -0.4 is 5.32 Å². The molecule has 0 aliphatic carbocycles. The number of hydrogen-bond acceptors (Lipinski definition) is 4. The van der Waals surface area contributed by atoms with Crippen LogP contribution in [0.3, 0.4) is 0 Å². The highest BCUT2D eigenvalue weighted by molar-refractivity contribution is 5.74. The number of carbonyl (C=O) groups excluding carboxylic acids is 1. The number of amides is 2. The summed E-state index contributed by atoms with van der Waals surface area (Å²) in [6.07, 6.45) is 2.83. The van der Waals surface area contributed by atoms with E-state index in [1.807, 2.05) is 23.2 Å². The molecule has 0 saturated carbocycles. The van der Waals surface area contributed by atoms with Crippen molar-refractivity contribution in [3.63, 3.8) is 0 Å². The van der Waals surface area contributed by atoms with Gasteiger partial charge in [-0.3, -0.25) is 9.47 Å². The number of aryl methyl sites for hydroxylation is 2. The Morgan fingerprint density at radius 2 is 1.66 bits per heavy atom. The standard InChI is InChI=1S/C28H32N6O/c1-3-22-10-12-24(13-11-22)34-26(31-25-5-4-14-29-27(25)34)20-32-15-17-33(18-16-32)28(35)30-19-23-8-6-21(2)7-9-23/h4-14H,3,15-20H2,1-2H3,(H,30,35). The lowest BCUT2D eigenvalue weighted by molar-refractivity contribution is 0.133. The van der Waals surface area contributed by atoms with Crippen LogP contribution in [0.15, 0.2) is 66.9 Å². The predicted molar refractivity (Wildman–Crippen MR) is 139 cm³/mol. The zero-order valence-corrected chi connectivity index (χ0v) is 20.4. The van der Waals surface area contributed by atoms with E-state index >= 15 is 0 Å². The molecule has 180 valence electrons. The van der Waals surface area contributed by atoms with Crippen LogP contribution in [0, 0.1) is 6.92 Å². The Morgan fingerprint density at radius 3 is 2.37 bits per heavy atom. The van der Waals surface area contributed by atoms with Crippen LogP contribution in [-0.2, 0) is 19.5 Å². The second-order valence-electron chi connectivity index (χ2n) is 9.14. The van der Waals surface area contributed by atoms with Gasteiger partial charge in [0.05, 0.1) is 6.54 Å². The predicted octanol–water partition coefficient (Wildman–Crippen LogP) is 4.32. The number of nitrogens with zero attached hydrogens (tertiary/aromatic N) is 5. The van der Waals surface area contributed by atoms with Crippen LogP contribution in [-0.4, -0.2) is 56.5 Å². The topological polar surface area (TPSA) is 66.3 Å². The molecule has 0 bridgehead atoms. The normalized spacial score (nSPS) is 14.4. The number of piperazine rings is 1. The lowest BCUT2D eigenvalue weighted by atomic mass is 10.1.